The van der Waals surface area contributed by atoms with E-state index in [4.69, 9.17) is 9.15 Å². The second kappa shape index (κ2) is 4.73. The van der Waals surface area contributed by atoms with E-state index in [2.05, 4.69) is 5.10 Å². The fraction of sp³-hybridized carbons (Fsp3) is 0.0588. The quantitative estimate of drug-likeness (QED) is 0.569. The third-order valence-electron chi connectivity index (χ3n) is 3.64. The molecular formula is C17H12N2O3. The molecule has 5 nitrogen and oxygen atoms in total. The summed E-state index contributed by atoms with van der Waals surface area (Å²) < 4.78 is 12.1. The molecule has 4 rings (SSSR count). The molecule has 0 atom stereocenters. The molecule has 0 aliphatic heterocycles. The molecule has 0 aliphatic carbocycles. The van der Waals surface area contributed by atoms with Crippen LogP contribution in [0.2, 0.25) is 0 Å². The van der Waals surface area contributed by atoms with Crippen molar-refractivity contribution in [2.24, 2.45) is 0 Å². The van der Waals surface area contributed by atoms with E-state index in [9.17, 15) is 4.79 Å². The van der Waals surface area contributed by atoms with Gasteiger partial charge in [-0.3, -0.25) is 4.79 Å². The molecule has 0 amide bonds. The number of furan rings is 1. The molecule has 0 radical (unpaired) electrons. The molecular weight excluding hydrogens is 280 g/mol. The number of aromatic nitrogens is 2. The molecule has 4 aromatic rings. The van der Waals surface area contributed by atoms with Crippen LogP contribution in [0.3, 0.4) is 0 Å². The first-order valence-electron chi connectivity index (χ1n) is 6.82. The van der Waals surface area contributed by atoms with Crippen LogP contribution in [0, 0.1) is 0 Å². The highest BCUT2D eigenvalue weighted by atomic mass is 16.5. The maximum atomic E-state index is 12.6. The van der Waals surface area contributed by atoms with E-state index in [1.54, 1.807) is 37.6 Å². The van der Waals surface area contributed by atoms with E-state index in [1.165, 1.54) is 4.68 Å². The molecule has 22 heavy (non-hydrogen) atoms. The molecule has 0 saturated carbocycles. The summed E-state index contributed by atoms with van der Waals surface area (Å²) in [6.07, 6.45) is 1.66. The third kappa shape index (κ3) is 1.79. The topological polar surface area (TPSA) is 57.3 Å². The van der Waals surface area contributed by atoms with Crippen molar-refractivity contribution in [3.8, 4) is 11.4 Å². The van der Waals surface area contributed by atoms with Crippen LogP contribution in [0.25, 0.3) is 27.6 Å². The van der Waals surface area contributed by atoms with Crippen LogP contribution in [-0.2, 0) is 0 Å². The molecule has 0 N–H and O–H groups in total. The van der Waals surface area contributed by atoms with Crippen molar-refractivity contribution in [3.63, 3.8) is 0 Å². The summed E-state index contributed by atoms with van der Waals surface area (Å²) in [7, 11) is 1.60. The molecule has 2 aromatic carbocycles. The average molecular weight is 292 g/mol. The predicted octanol–water partition coefficient (Wildman–Crippen LogP) is 3.14. The molecule has 0 spiro atoms. The molecule has 5 heteroatoms. The maximum absolute atomic E-state index is 12.6. The van der Waals surface area contributed by atoms with Crippen LogP contribution >= 0.6 is 0 Å². The number of ether oxygens (including phenoxy) is 1. The van der Waals surface area contributed by atoms with Crippen LogP contribution < -0.4 is 10.3 Å². The molecule has 2 heterocycles. The van der Waals surface area contributed by atoms with Crippen molar-refractivity contribution in [2.75, 3.05) is 7.11 Å². The Hall–Kier alpha value is -3.08. The van der Waals surface area contributed by atoms with Crippen LogP contribution in [0.1, 0.15) is 0 Å². The smallest absolute Gasteiger partial charge is 0.315 e. The van der Waals surface area contributed by atoms with Gasteiger partial charge in [-0.2, -0.15) is 9.78 Å². The van der Waals surface area contributed by atoms with Crippen molar-refractivity contribution in [1.82, 2.24) is 9.78 Å². The fourth-order valence-electron chi connectivity index (χ4n) is 2.52. The molecule has 0 unspecified atom stereocenters. The second-order valence-corrected chi connectivity index (χ2v) is 4.90. The SMILES string of the molecule is COc1ccc(-n2ncc3c(oc4ccccc43)c2=O)cc1. The fourth-order valence-corrected chi connectivity index (χ4v) is 2.52. The first kappa shape index (κ1) is 12.6. The second-order valence-electron chi connectivity index (χ2n) is 4.90. The predicted molar refractivity (Wildman–Crippen MR) is 83.7 cm³/mol. The summed E-state index contributed by atoms with van der Waals surface area (Å²) >= 11 is 0. The Bertz CT molecular complexity index is 1030. The van der Waals surface area contributed by atoms with Crippen molar-refractivity contribution in [1.29, 1.82) is 0 Å². The Balaban J connectivity index is 1.97. The van der Waals surface area contributed by atoms with Gasteiger partial charge in [0, 0.05) is 5.39 Å². The lowest BCUT2D eigenvalue weighted by Gasteiger charge is -2.05. The summed E-state index contributed by atoms with van der Waals surface area (Å²) in [6, 6.07) is 14.7. The summed E-state index contributed by atoms with van der Waals surface area (Å²) in [5.41, 5.74) is 1.38. The summed E-state index contributed by atoms with van der Waals surface area (Å²) in [5.74, 6) is 0.724. The van der Waals surface area contributed by atoms with Gasteiger partial charge in [-0.25, -0.2) is 0 Å². The minimum atomic E-state index is -0.279. The van der Waals surface area contributed by atoms with Crippen molar-refractivity contribution in [2.45, 2.75) is 0 Å². The molecule has 0 aliphatic rings. The molecule has 108 valence electrons. The van der Waals surface area contributed by atoms with Gasteiger partial charge in [-0.05, 0) is 30.3 Å². The Morgan fingerprint density at radius 1 is 1.05 bits per heavy atom. The van der Waals surface area contributed by atoms with E-state index < -0.39 is 0 Å². The lowest BCUT2D eigenvalue weighted by Crippen LogP contribution is -2.20. The van der Waals surface area contributed by atoms with Gasteiger partial charge in [0.05, 0.1) is 24.4 Å². The monoisotopic (exact) mass is 292 g/mol. The van der Waals surface area contributed by atoms with Gasteiger partial charge in [0.25, 0.3) is 0 Å². The van der Waals surface area contributed by atoms with Gasteiger partial charge < -0.3 is 9.15 Å². The lowest BCUT2D eigenvalue weighted by molar-refractivity contribution is 0.414. The van der Waals surface area contributed by atoms with E-state index >= 15 is 0 Å². The minimum absolute atomic E-state index is 0.279. The number of benzene rings is 2. The number of nitrogens with zero attached hydrogens (tertiary/aromatic N) is 2. The van der Waals surface area contributed by atoms with Crippen molar-refractivity contribution >= 4 is 21.9 Å². The molecule has 0 fully saturated rings. The Morgan fingerprint density at radius 2 is 1.82 bits per heavy atom. The lowest BCUT2D eigenvalue weighted by atomic mass is 10.2. The Labute approximate surface area is 125 Å². The van der Waals surface area contributed by atoms with E-state index in [1.807, 2.05) is 24.3 Å². The zero-order chi connectivity index (χ0) is 15.1. The van der Waals surface area contributed by atoms with Gasteiger partial charge in [0.15, 0.2) is 0 Å². The van der Waals surface area contributed by atoms with Gasteiger partial charge in [0.1, 0.15) is 11.3 Å². The van der Waals surface area contributed by atoms with Crippen LogP contribution in [0.4, 0.5) is 0 Å². The molecule has 0 bridgehead atoms. The van der Waals surface area contributed by atoms with Gasteiger partial charge in [-0.1, -0.05) is 18.2 Å². The maximum Gasteiger partial charge on any atom is 0.315 e. The third-order valence-corrected chi connectivity index (χ3v) is 3.64. The summed E-state index contributed by atoms with van der Waals surface area (Å²) in [4.78, 5) is 12.6. The van der Waals surface area contributed by atoms with Gasteiger partial charge in [0.2, 0.25) is 5.58 Å². The normalized spacial score (nSPS) is 11.1. The van der Waals surface area contributed by atoms with Crippen molar-refractivity contribution < 1.29 is 9.15 Å². The minimum Gasteiger partial charge on any atom is -0.497 e. The largest absolute Gasteiger partial charge is 0.497 e. The zero-order valence-electron chi connectivity index (χ0n) is 11.8. The number of methoxy groups -OCH3 is 1. The number of fused-ring (bicyclic) bond motifs is 3. The zero-order valence-corrected chi connectivity index (χ0v) is 11.8. The number of rotatable bonds is 2. The number of hydrogen-bond donors (Lipinski definition) is 0. The highest BCUT2D eigenvalue weighted by molar-refractivity contribution is 6.03. The summed E-state index contributed by atoms with van der Waals surface area (Å²) in [5, 5.41) is 5.88. The number of para-hydroxylation sites is 1. The summed E-state index contributed by atoms with van der Waals surface area (Å²) in [6.45, 7) is 0. The van der Waals surface area contributed by atoms with Gasteiger partial charge in [-0.15, -0.1) is 0 Å². The van der Waals surface area contributed by atoms with E-state index in [0.717, 1.165) is 16.5 Å². The first-order valence-corrected chi connectivity index (χ1v) is 6.82. The highest BCUT2D eigenvalue weighted by Crippen LogP contribution is 2.25. The van der Waals surface area contributed by atoms with E-state index in [0.29, 0.717) is 16.9 Å². The van der Waals surface area contributed by atoms with Gasteiger partial charge >= 0.3 is 5.56 Å². The van der Waals surface area contributed by atoms with Crippen molar-refractivity contribution in [3.05, 3.63) is 65.1 Å². The standard InChI is InChI=1S/C17H12N2O3/c1-21-12-8-6-11(7-9-12)19-17(20)16-14(10-18-19)13-4-2-3-5-15(13)22-16/h2-10H,1H3. The average Bonchev–Trinajstić information content (AvgIpc) is 2.95. The van der Waals surface area contributed by atoms with Crippen LogP contribution in [-0.4, -0.2) is 16.9 Å². The Kier molecular flexibility index (Phi) is 2.72. The van der Waals surface area contributed by atoms with E-state index in [-0.39, 0.29) is 5.56 Å². The molecule has 0 saturated heterocycles. The number of hydrogen-bond acceptors (Lipinski definition) is 4. The molecule has 2 aromatic heterocycles. The Morgan fingerprint density at radius 3 is 2.59 bits per heavy atom. The van der Waals surface area contributed by atoms with Crippen LogP contribution in [0.15, 0.2) is 63.9 Å². The highest BCUT2D eigenvalue weighted by Gasteiger charge is 2.13. The van der Waals surface area contributed by atoms with Crippen LogP contribution in [0.5, 0.6) is 5.75 Å². The first-order chi connectivity index (χ1) is 10.8.